The van der Waals surface area contributed by atoms with Crippen molar-refractivity contribution in [2.24, 2.45) is 0 Å². The Morgan fingerprint density at radius 2 is 2.15 bits per heavy atom. The van der Waals surface area contributed by atoms with Crippen molar-refractivity contribution in [1.82, 2.24) is 4.98 Å². The van der Waals surface area contributed by atoms with Crippen LogP contribution in [0.15, 0.2) is 33.7 Å². The fourth-order valence-electron chi connectivity index (χ4n) is 1.17. The summed E-state index contributed by atoms with van der Waals surface area (Å²) in [5.41, 5.74) is 0.0574. The summed E-state index contributed by atoms with van der Waals surface area (Å²) in [6.07, 6.45) is 1.07. The molecule has 2 rings (SSSR count). The normalized spacial score (nSPS) is 10.6. The minimum Gasteiger partial charge on any atom is -0.358 e. The molecule has 0 atom stereocenters. The Labute approximate surface area is 81.5 Å². The van der Waals surface area contributed by atoms with E-state index in [0.717, 1.165) is 10.7 Å². The standard InChI is InChI=1S/C9H5BrFNO/c10-5-1-2-6-8(3-5)12-4-7(11)9(6)13/h1-4H,(H,12,13). The van der Waals surface area contributed by atoms with Crippen molar-refractivity contribution in [3.8, 4) is 0 Å². The van der Waals surface area contributed by atoms with Crippen LogP contribution in [0, 0.1) is 5.82 Å². The largest absolute Gasteiger partial charge is 0.358 e. The predicted octanol–water partition coefficient (Wildman–Crippen LogP) is 2.43. The minimum atomic E-state index is -0.755. The fraction of sp³-hybridized carbons (Fsp3) is 0. The number of hydrogen-bond donors (Lipinski definition) is 1. The van der Waals surface area contributed by atoms with Crippen molar-refractivity contribution in [2.75, 3.05) is 0 Å². The van der Waals surface area contributed by atoms with Gasteiger partial charge in [-0.1, -0.05) is 15.9 Å². The molecule has 0 amide bonds. The average molecular weight is 242 g/mol. The number of H-pyrrole nitrogens is 1. The van der Waals surface area contributed by atoms with Gasteiger partial charge in [0.1, 0.15) is 0 Å². The maximum atomic E-state index is 12.8. The van der Waals surface area contributed by atoms with E-state index >= 15 is 0 Å². The summed E-state index contributed by atoms with van der Waals surface area (Å²) in [5.74, 6) is -0.755. The van der Waals surface area contributed by atoms with Crippen molar-refractivity contribution in [3.63, 3.8) is 0 Å². The number of rotatable bonds is 0. The van der Waals surface area contributed by atoms with Gasteiger partial charge < -0.3 is 4.98 Å². The third kappa shape index (κ3) is 1.37. The Morgan fingerprint density at radius 3 is 2.92 bits per heavy atom. The van der Waals surface area contributed by atoms with Crippen LogP contribution in [0.25, 0.3) is 10.9 Å². The summed E-state index contributed by atoms with van der Waals surface area (Å²) in [7, 11) is 0. The first-order chi connectivity index (χ1) is 6.18. The second-order valence-corrected chi connectivity index (χ2v) is 3.57. The first kappa shape index (κ1) is 8.44. The van der Waals surface area contributed by atoms with E-state index in [1.54, 1.807) is 18.2 Å². The Hall–Kier alpha value is -1.16. The lowest BCUT2D eigenvalue weighted by Gasteiger charge is -1.97. The van der Waals surface area contributed by atoms with Gasteiger partial charge in [0.15, 0.2) is 5.82 Å². The van der Waals surface area contributed by atoms with Crippen molar-refractivity contribution in [2.45, 2.75) is 0 Å². The molecular weight excluding hydrogens is 237 g/mol. The van der Waals surface area contributed by atoms with Gasteiger partial charge in [-0.05, 0) is 18.2 Å². The van der Waals surface area contributed by atoms with Gasteiger partial charge in [0.05, 0.1) is 5.52 Å². The number of aromatic amines is 1. The van der Waals surface area contributed by atoms with E-state index in [-0.39, 0.29) is 0 Å². The van der Waals surface area contributed by atoms with Gasteiger partial charge in [-0.2, -0.15) is 0 Å². The van der Waals surface area contributed by atoms with Gasteiger partial charge >= 0.3 is 0 Å². The zero-order chi connectivity index (χ0) is 9.42. The number of fused-ring (bicyclic) bond motifs is 1. The average Bonchev–Trinajstić information content (AvgIpc) is 2.12. The van der Waals surface area contributed by atoms with E-state index in [1.165, 1.54) is 0 Å². The SMILES string of the molecule is O=c1c(F)c[nH]c2cc(Br)ccc12. The number of nitrogens with one attached hydrogen (secondary N) is 1. The Balaban J connectivity index is 2.95. The maximum absolute atomic E-state index is 12.8. The molecule has 0 spiro atoms. The third-order valence-corrected chi connectivity index (χ3v) is 2.29. The quantitative estimate of drug-likeness (QED) is 0.756. The third-order valence-electron chi connectivity index (χ3n) is 1.80. The molecule has 1 heterocycles. The highest BCUT2D eigenvalue weighted by Gasteiger charge is 2.03. The summed E-state index contributed by atoms with van der Waals surface area (Å²) in [5, 5.41) is 0.364. The zero-order valence-electron chi connectivity index (χ0n) is 6.47. The van der Waals surface area contributed by atoms with Crippen LogP contribution in [0.3, 0.4) is 0 Å². The number of pyridine rings is 1. The van der Waals surface area contributed by atoms with E-state index in [9.17, 15) is 9.18 Å². The minimum absolute atomic E-state index is 0.364. The number of halogens is 2. The van der Waals surface area contributed by atoms with Crippen molar-refractivity contribution >= 4 is 26.8 Å². The molecule has 4 heteroatoms. The molecule has 0 aliphatic carbocycles. The van der Waals surface area contributed by atoms with Gasteiger partial charge in [-0.25, -0.2) is 4.39 Å². The van der Waals surface area contributed by atoms with E-state index in [2.05, 4.69) is 20.9 Å². The van der Waals surface area contributed by atoms with E-state index in [0.29, 0.717) is 10.9 Å². The number of benzene rings is 1. The van der Waals surface area contributed by atoms with Crippen LogP contribution in [0.1, 0.15) is 0 Å². The van der Waals surface area contributed by atoms with Gasteiger partial charge in [0.2, 0.25) is 5.43 Å². The molecule has 0 aliphatic rings. The highest BCUT2D eigenvalue weighted by Crippen LogP contribution is 2.15. The number of aromatic nitrogens is 1. The summed E-state index contributed by atoms with van der Waals surface area (Å²) in [6.45, 7) is 0. The lowest BCUT2D eigenvalue weighted by molar-refractivity contribution is 0.614. The van der Waals surface area contributed by atoms with Gasteiger partial charge in [0.25, 0.3) is 0 Å². The van der Waals surface area contributed by atoms with Crippen molar-refractivity contribution in [1.29, 1.82) is 0 Å². The summed E-state index contributed by atoms with van der Waals surface area (Å²) >= 11 is 3.26. The molecule has 66 valence electrons. The molecule has 2 aromatic rings. The van der Waals surface area contributed by atoms with Gasteiger partial charge in [-0.15, -0.1) is 0 Å². The molecule has 0 bridgehead atoms. The van der Waals surface area contributed by atoms with Gasteiger partial charge in [0, 0.05) is 16.1 Å². The first-order valence-electron chi connectivity index (χ1n) is 3.65. The van der Waals surface area contributed by atoms with E-state index < -0.39 is 11.2 Å². The van der Waals surface area contributed by atoms with Crippen LogP contribution >= 0.6 is 15.9 Å². The topological polar surface area (TPSA) is 32.9 Å². The van der Waals surface area contributed by atoms with Crippen LogP contribution in [0.5, 0.6) is 0 Å². The second kappa shape index (κ2) is 2.96. The molecule has 0 radical (unpaired) electrons. The molecule has 1 aromatic heterocycles. The highest BCUT2D eigenvalue weighted by atomic mass is 79.9. The van der Waals surface area contributed by atoms with Crippen LogP contribution in [-0.2, 0) is 0 Å². The van der Waals surface area contributed by atoms with Gasteiger partial charge in [-0.3, -0.25) is 4.79 Å². The highest BCUT2D eigenvalue weighted by molar-refractivity contribution is 9.10. The van der Waals surface area contributed by atoms with Crippen LogP contribution in [0.4, 0.5) is 4.39 Å². The molecule has 1 aromatic carbocycles. The Bertz CT molecular complexity index is 520. The van der Waals surface area contributed by atoms with Crippen molar-refractivity contribution < 1.29 is 4.39 Å². The van der Waals surface area contributed by atoms with Crippen LogP contribution in [-0.4, -0.2) is 4.98 Å². The first-order valence-corrected chi connectivity index (χ1v) is 4.44. The lowest BCUT2D eigenvalue weighted by atomic mass is 10.2. The smallest absolute Gasteiger partial charge is 0.224 e. The summed E-state index contributed by atoms with van der Waals surface area (Å²) in [6, 6.07) is 5.02. The molecule has 0 saturated carbocycles. The molecular formula is C9H5BrFNO. The summed E-state index contributed by atoms with van der Waals surface area (Å²) in [4.78, 5) is 13.9. The fourth-order valence-corrected chi connectivity index (χ4v) is 1.53. The van der Waals surface area contributed by atoms with E-state index in [4.69, 9.17) is 0 Å². The molecule has 0 aliphatic heterocycles. The lowest BCUT2D eigenvalue weighted by Crippen LogP contribution is -2.06. The zero-order valence-corrected chi connectivity index (χ0v) is 8.06. The molecule has 13 heavy (non-hydrogen) atoms. The van der Waals surface area contributed by atoms with Crippen molar-refractivity contribution in [3.05, 3.63) is 44.9 Å². The Morgan fingerprint density at radius 1 is 1.38 bits per heavy atom. The van der Waals surface area contributed by atoms with E-state index in [1.807, 2.05) is 0 Å². The second-order valence-electron chi connectivity index (χ2n) is 2.66. The monoisotopic (exact) mass is 241 g/mol. The van der Waals surface area contributed by atoms with Crippen LogP contribution in [0.2, 0.25) is 0 Å². The molecule has 1 N–H and O–H groups in total. The molecule has 2 nitrogen and oxygen atoms in total. The van der Waals surface area contributed by atoms with Crippen LogP contribution < -0.4 is 5.43 Å². The number of hydrogen-bond acceptors (Lipinski definition) is 1. The molecule has 0 fully saturated rings. The maximum Gasteiger partial charge on any atom is 0.224 e. The predicted molar refractivity (Wildman–Crippen MR) is 52.2 cm³/mol. The molecule has 0 saturated heterocycles. The summed E-state index contributed by atoms with van der Waals surface area (Å²) < 4.78 is 13.6. The molecule has 0 unspecified atom stereocenters. The Kier molecular flexibility index (Phi) is 1.92.